The number of aromatic nitrogens is 1. The van der Waals surface area contributed by atoms with Gasteiger partial charge in [-0.05, 0) is 31.0 Å². The number of amides is 1. The van der Waals surface area contributed by atoms with E-state index in [4.69, 9.17) is 8.94 Å². The summed E-state index contributed by atoms with van der Waals surface area (Å²) in [6.07, 6.45) is 3.96. The fourth-order valence-electron chi connectivity index (χ4n) is 2.23. The molecule has 3 rings (SSSR count). The van der Waals surface area contributed by atoms with E-state index >= 15 is 0 Å². The van der Waals surface area contributed by atoms with E-state index in [2.05, 4.69) is 17.4 Å². The van der Waals surface area contributed by atoms with Gasteiger partial charge in [0, 0.05) is 17.5 Å². The van der Waals surface area contributed by atoms with E-state index in [1.54, 1.807) is 0 Å². The Morgan fingerprint density at radius 3 is 2.90 bits per heavy atom. The van der Waals surface area contributed by atoms with Crippen molar-refractivity contribution in [2.24, 2.45) is 0 Å². The largest absolute Gasteiger partial charge is 0.463 e. The van der Waals surface area contributed by atoms with Crippen LogP contribution in [-0.2, 0) is 13.0 Å². The van der Waals surface area contributed by atoms with Crippen molar-refractivity contribution in [1.29, 1.82) is 0 Å². The topological polar surface area (TPSA) is 68.3 Å². The molecule has 5 heteroatoms. The molecule has 0 unspecified atom stereocenters. The second-order valence-corrected chi connectivity index (χ2v) is 4.94. The highest BCUT2D eigenvalue weighted by Crippen LogP contribution is 2.23. The van der Waals surface area contributed by atoms with Crippen molar-refractivity contribution in [2.75, 3.05) is 0 Å². The first-order chi connectivity index (χ1) is 10.2. The van der Waals surface area contributed by atoms with Gasteiger partial charge in [0.1, 0.15) is 18.1 Å². The Morgan fingerprint density at radius 2 is 2.19 bits per heavy atom. The standard InChI is InChI=1S/C16H16N2O3/c1-3-11-4-5-15-13(6-11)14(9-20-15)16(19)17-7-12-8-21-18-10(12)2/h4-6,8-9H,3,7H2,1-2H3,(H,17,19). The number of carbonyl (C=O) groups is 1. The van der Waals surface area contributed by atoms with E-state index in [1.807, 2.05) is 25.1 Å². The molecule has 1 N–H and O–H groups in total. The Labute approximate surface area is 121 Å². The Bertz CT molecular complexity index is 786. The number of aryl methyl sites for hydroxylation is 2. The zero-order chi connectivity index (χ0) is 14.8. The number of hydrogen-bond donors (Lipinski definition) is 1. The average Bonchev–Trinajstić information content (AvgIpc) is 3.10. The lowest BCUT2D eigenvalue weighted by molar-refractivity contribution is 0.0951. The maximum absolute atomic E-state index is 12.3. The summed E-state index contributed by atoms with van der Waals surface area (Å²) in [5.74, 6) is -0.164. The monoisotopic (exact) mass is 284 g/mol. The summed E-state index contributed by atoms with van der Waals surface area (Å²) in [7, 11) is 0. The second-order valence-electron chi connectivity index (χ2n) is 4.94. The SMILES string of the molecule is CCc1ccc2occ(C(=O)NCc3conc3C)c2c1. The third-order valence-corrected chi connectivity index (χ3v) is 3.58. The molecule has 0 atom stereocenters. The Kier molecular flexibility index (Phi) is 3.48. The van der Waals surface area contributed by atoms with Gasteiger partial charge in [0.15, 0.2) is 0 Å². The number of furan rings is 1. The van der Waals surface area contributed by atoms with Gasteiger partial charge in [-0.3, -0.25) is 4.79 Å². The van der Waals surface area contributed by atoms with Crippen molar-refractivity contribution in [3.63, 3.8) is 0 Å². The molecule has 0 bridgehead atoms. The van der Waals surface area contributed by atoms with E-state index in [9.17, 15) is 4.79 Å². The molecule has 0 fully saturated rings. The minimum absolute atomic E-state index is 0.164. The van der Waals surface area contributed by atoms with Gasteiger partial charge in [0.05, 0.1) is 11.3 Å². The lowest BCUT2D eigenvalue weighted by atomic mass is 10.1. The number of benzene rings is 1. The number of fused-ring (bicyclic) bond motifs is 1. The molecule has 3 aromatic rings. The highest BCUT2D eigenvalue weighted by molar-refractivity contribution is 6.06. The van der Waals surface area contributed by atoms with Crippen LogP contribution in [0, 0.1) is 6.92 Å². The number of hydrogen-bond acceptors (Lipinski definition) is 4. The van der Waals surface area contributed by atoms with Crippen molar-refractivity contribution in [2.45, 2.75) is 26.8 Å². The van der Waals surface area contributed by atoms with Gasteiger partial charge in [-0.2, -0.15) is 0 Å². The van der Waals surface area contributed by atoms with E-state index < -0.39 is 0 Å². The predicted molar refractivity (Wildman–Crippen MR) is 78.0 cm³/mol. The van der Waals surface area contributed by atoms with Crippen LogP contribution in [0.4, 0.5) is 0 Å². The second kappa shape index (κ2) is 5.44. The molecule has 0 radical (unpaired) electrons. The molecule has 0 saturated carbocycles. The van der Waals surface area contributed by atoms with Crippen LogP contribution >= 0.6 is 0 Å². The Morgan fingerprint density at radius 1 is 1.33 bits per heavy atom. The van der Waals surface area contributed by atoms with Crippen LogP contribution in [0.5, 0.6) is 0 Å². The molecule has 0 spiro atoms. The van der Waals surface area contributed by atoms with Crippen LogP contribution < -0.4 is 5.32 Å². The minimum Gasteiger partial charge on any atom is -0.463 e. The summed E-state index contributed by atoms with van der Waals surface area (Å²) in [5.41, 5.74) is 4.09. The molecular weight excluding hydrogens is 268 g/mol. The third-order valence-electron chi connectivity index (χ3n) is 3.58. The number of nitrogens with one attached hydrogen (secondary N) is 1. The summed E-state index contributed by atoms with van der Waals surface area (Å²) in [4.78, 5) is 12.3. The first-order valence-corrected chi connectivity index (χ1v) is 6.87. The third kappa shape index (κ3) is 2.54. The molecule has 1 amide bonds. The van der Waals surface area contributed by atoms with Gasteiger partial charge in [0.25, 0.3) is 5.91 Å². The van der Waals surface area contributed by atoms with E-state index in [0.29, 0.717) is 12.1 Å². The quantitative estimate of drug-likeness (QED) is 0.798. The zero-order valence-corrected chi connectivity index (χ0v) is 12.0. The number of rotatable bonds is 4. The highest BCUT2D eigenvalue weighted by atomic mass is 16.5. The van der Waals surface area contributed by atoms with Crippen molar-refractivity contribution < 1.29 is 13.7 Å². The highest BCUT2D eigenvalue weighted by Gasteiger charge is 2.14. The van der Waals surface area contributed by atoms with Gasteiger partial charge in [-0.25, -0.2) is 0 Å². The summed E-state index contributed by atoms with van der Waals surface area (Å²) in [6.45, 7) is 4.30. The van der Waals surface area contributed by atoms with E-state index in [1.165, 1.54) is 18.1 Å². The Hall–Kier alpha value is -2.56. The molecule has 5 nitrogen and oxygen atoms in total. The van der Waals surface area contributed by atoms with E-state index in [0.717, 1.165) is 28.6 Å². The van der Waals surface area contributed by atoms with Crippen LogP contribution in [0.1, 0.15) is 34.1 Å². The zero-order valence-electron chi connectivity index (χ0n) is 12.0. The first-order valence-electron chi connectivity index (χ1n) is 6.87. The molecule has 0 saturated heterocycles. The predicted octanol–water partition coefficient (Wildman–Crippen LogP) is 3.22. The molecule has 108 valence electrons. The van der Waals surface area contributed by atoms with Gasteiger partial charge in [-0.1, -0.05) is 18.1 Å². The number of carbonyl (C=O) groups excluding carboxylic acids is 1. The summed E-state index contributed by atoms with van der Waals surface area (Å²) in [6, 6.07) is 5.90. The van der Waals surface area contributed by atoms with Crippen molar-refractivity contribution in [3.05, 3.63) is 53.1 Å². The van der Waals surface area contributed by atoms with Crippen molar-refractivity contribution in [1.82, 2.24) is 10.5 Å². The smallest absolute Gasteiger partial charge is 0.255 e. The average molecular weight is 284 g/mol. The fourth-order valence-corrected chi connectivity index (χ4v) is 2.23. The van der Waals surface area contributed by atoms with Crippen LogP contribution in [0.2, 0.25) is 0 Å². The number of nitrogens with zero attached hydrogens (tertiary/aromatic N) is 1. The molecule has 1 aromatic carbocycles. The molecular formula is C16H16N2O3. The molecule has 0 aliphatic heterocycles. The summed E-state index contributed by atoms with van der Waals surface area (Å²) >= 11 is 0. The Balaban J connectivity index is 1.82. The van der Waals surface area contributed by atoms with Crippen molar-refractivity contribution in [3.8, 4) is 0 Å². The molecule has 0 aliphatic rings. The maximum Gasteiger partial charge on any atom is 0.255 e. The van der Waals surface area contributed by atoms with Crippen LogP contribution in [0.25, 0.3) is 11.0 Å². The lowest BCUT2D eigenvalue weighted by Crippen LogP contribution is -2.22. The fraction of sp³-hybridized carbons (Fsp3) is 0.250. The van der Waals surface area contributed by atoms with E-state index in [-0.39, 0.29) is 5.91 Å². The van der Waals surface area contributed by atoms with Gasteiger partial charge in [-0.15, -0.1) is 0 Å². The molecule has 0 aliphatic carbocycles. The van der Waals surface area contributed by atoms with Crippen LogP contribution in [0.15, 0.2) is 39.7 Å². The van der Waals surface area contributed by atoms with Crippen LogP contribution in [0.3, 0.4) is 0 Å². The van der Waals surface area contributed by atoms with Gasteiger partial charge in [0.2, 0.25) is 0 Å². The normalized spacial score (nSPS) is 11.0. The summed E-state index contributed by atoms with van der Waals surface area (Å²) < 4.78 is 10.3. The maximum atomic E-state index is 12.3. The van der Waals surface area contributed by atoms with Gasteiger partial charge < -0.3 is 14.3 Å². The molecule has 2 aromatic heterocycles. The van der Waals surface area contributed by atoms with Crippen molar-refractivity contribution >= 4 is 16.9 Å². The minimum atomic E-state index is -0.164. The van der Waals surface area contributed by atoms with Crippen LogP contribution in [-0.4, -0.2) is 11.1 Å². The first kappa shape index (κ1) is 13.4. The van der Waals surface area contributed by atoms with Gasteiger partial charge >= 0.3 is 0 Å². The lowest BCUT2D eigenvalue weighted by Gasteiger charge is -2.03. The summed E-state index contributed by atoms with van der Waals surface area (Å²) in [5, 5.41) is 7.49. The molecule has 2 heterocycles. The molecule has 21 heavy (non-hydrogen) atoms.